The fourth-order valence-electron chi connectivity index (χ4n) is 1.74. The van der Waals surface area contributed by atoms with Crippen molar-refractivity contribution in [1.29, 1.82) is 0 Å². The Balaban J connectivity index is 2.67. The summed E-state index contributed by atoms with van der Waals surface area (Å²) in [6.07, 6.45) is 0.585. The zero-order chi connectivity index (χ0) is 19.0. The third-order valence-corrected chi connectivity index (χ3v) is 2.85. The first kappa shape index (κ1) is 20.4. The lowest BCUT2D eigenvalue weighted by Crippen LogP contribution is -2.46. The summed E-state index contributed by atoms with van der Waals surface area (Å²) in [6, 6.07) is -1.25. The third kappa shape index (κ3) is 7.61. The van der Waals surface area contributed by atoms with Crippen LogP contribution in [0.15, 0.2) is 6.20 Å². The average molecular weight is 357 g/mol. The van der Waals surface area contributed by atoms with E-state index in [0.29, 0.717) is 5.69 Å². The monoisotopic (exact) mass is 357 g/mol. The van der Waals surface area contributed by atoms with Gasteiger partial charge in [-0.25, -0.2) is 14.3 Å². The predicted octanol–water partition coefficient (Wildman–Crippen LogP) is -0.481. The van der Waals surface area contributed by atoms with E-state index in [0.717, 1.165) is 0 Å². The number of nitrogens with zero attached hydrogens (tertiary/aromatic N) is 3. The van der Waals surface area contributed by atoms with E-state index in [1.54, 1.807) is 20.8 Å². The molecule has 3 N–H and O–H groups in total. The molecule has 0 aliphatic carbocycles. The number of esters is 1. The van der Waals surface area contributed by atoms with E-state index in [1.807, 2.05) is 0 Å². The molecule has 0 radical (unpaired) electrons. The van der Waals surface area contributed by atoms with Crippen molar-refractivity contribution in [2.24, 2.45) is 0 Å². The van der Waals surface area contributed by atoms with E-state index in [9.17, 15) is 19.5 Å². The van der Waals surface area contributed by atoms with Gasteiger partial charge in [0.1, 0.15) is 11.6 Å². The highest BCUT2D eigenvalue weighted by atomic mass is 16.6. The maximum Gasteiger partial charge on any atom is 0.408 e. The summed E-state index contributed by atoms with van der Waals surface area (Å²) in [5.74, 6) is -1.68. The number of ether oxygens (including phenoxy) is 2. The van der Waals surface area contributed by atoms with Crippen molar-refractivity contribution in [1.82, 2.24) is 25.6 Å². The minimum absolute atomic E-state index is 0.0137. The minimum Gasteiger partial charge on any atom is -0.480 e. The number of alkyl carbamates (subject to hydrolysis) is 1. The van der Waals surface area contributed by atoms with Crippen LogP contribution in [0.25, 0.3) is 0 Å². The standard InChI is InChI=1S/C14H23N5O6/c1-14(2,3)25-13(23)17-10(12(21)22)8-19-9(6-16-18-19)5-15-7-11(20)24-4/h6,10,15H,5,7-8H2,1-4H3,(H,17,23)(H,21,22)/t10-/m0/s1. The summed E-state index contributed by atoms with van der Waals surface area (Å²) in [6.45, 7) is 5.07. The first-order valence-corrected chi connectivity index (χ1v) is 7.49. The van der Waals surface area contributed by atoms with Crippen molar-refractivity contribution in [3.8, 4) is 0 Å². The highest BCUT2D eigenvalue weighted by molar-refractivity contribution is 5.79. The van der Waals surface area contributed by atoms with Crippen molar-refractivity contribution in [3.63, 3.8) is 0 Å². The molecule has 1 atom stereocenters. The number of hydrogen-bond donors (Lipinski definition) is 3. The molecule has 0 fully saturated rings. The lowest BCUT2D eigenvalue weighted by Gasteiger charge is -2.22. The maximum absolute atomic E-state index is 11.8. The lowest BCUT2D eigenvalue weighted by atomic mass is 10.2. The zero-order valence-corrected chi connectivity index (χ0v) is 14.6. The Kier molecular flexibility index (Phi) is 7.30. The first-order valence-electron chi connectivity index (χ1n) is 7.49. The molecule has 1 rings (SSSR count). The molecule has 0 saturated carbocycles. The maximum atomic E-state index is 11.8. The van der Waals surface area contributed by atoms with E-state index in [1.165, 1.54) is 18.0 Å². The summed E-state index contributed by atoms with van der Waals surface area (Å²) < 4.78 is 10.9. The van der Waals surface area contributed by atoms with Crippen LogP contribution in [0.5, 0.6) is 0 Å². The Morgan fingerprint density at radius 1 is 1.36 bits per heavy atom. The molecular weight excluding hydrogens is 334 g/mol. The molecule has 0 aliphatic heterocycles. The van der Waals surface area contributed by atoms with Crippen LogP contribution in [0.3, 0.4) is 0 Å². The van der Waals surface area contributed by atoms with Gasteiger partial charge in [-0.2, -0.15) is 0 Å². The molecular formula is C14H23N5O6. The van der Waals surface area contributed by atoms with Crippen LogP contribution in [-0.2, 0) is 32.2 Å². The quantitative estimate of drug-likeness (QED) is 0.525. The Bertz CT molecular complexity index is 609. The zero-order valence-electron chi connectivity index (χ0n) is 14.6. The molecule has 0 unspecified atom stereocenters. The number of nitrogens with one attached hydrogen (secondary N) is 2. The number of carboxylic acid groups (broad SMARTS) is 1. The topological polar surface area (TPSA) is 145 Å². The number of hydrogen-bond acceptors (Lipinski definition) is 8. The van der Waals surface area contributed by atoms with Gasteiger partial charge in [0.2, 0.25) is 0 Å². The normalized spacial score (nSPS) is 12.3. The second-order valence-corrected chi connectivity index (χ2v) is 6.12. The molecule has 1 heterocycles. The fraction of sp³-hybridized carbons (Fsp3) is 0.643. The number of carboxylic acids is 1. The van der Waals surface area contributed by atoms with Crippen LogP contribution < -0.4 is 10.6 Å². The van der Waals surface area contributed by atoms with Gasteiger partial charge in [-0.3, -0.25) is 4.79 Å². The highest BCUT2D eigenvalue weighted by Gasteiger charge is 2.25. The van der Waals surface area contributed by atoms with E-state index >= 15 is 0 Å². The lowest BCUT2D eigenvalue weighted by molar-refractivity contribution is -0.140. The molecule has 0 bridgehead atoms. The van der Waals surface area contributed by atoms with Crippen molar-refractivity contribution in [2.45, 2.75) is 45.5 Å². The second kappa shape index (κ2) is 8.97. The molecule has 11 heteroatoms. The van der Waals surface area contributed by atoms with E-state index in [-0.39, 0.29) is 19.6 Å². The summed E-state index contributed by atoms with van der Waals surface area (Å²) in [4.78, 5) is 34.2. The number of aliphatic carboxylic acids is 1. The number of methoxy groups -OCH3 is 1. The summed E-state index contributed by atoms with van der Waals surface area (Å²) in [5.41, 5.74) is -0.204. The van der Waals surface area contributed by atoms with Gasteiger partial charge in [-0.05, 0) is 20.8 Å². The SMILES string of the molecule is COC(=O)CNCc1cnnn1C[C@H](NC(=O)OC(C)(C)C)C(=O)O. The predicted molar refractivity (Wildman–Crippen MR) is 84.5 cm³/mol. The van der Waals surface area contributed by atoms with Crippen molar-refractivity contribution in [3.05, 3.63) is 11.9 Å². The molecule has 0 saturated heterocycles. The Labute approximate surface area is 144 Å². The highest BCUT2D eigenvalue weighted by Crippen LogP contribution is 2.07. The fourth-order valence-corrected chi connectivity index (χ4v) is 1.74. The molecule has 1 aromatic heterocycles. The van der Waals surface area contributed by atoms with Gasteiger partial charge in [-0.15, -0.1) is 5.10 Å². The van der Waals surface area contributed by atoms with Gasteiger partial charge in [-0.1, -0.05) is 5.21 Å². The Morgan fingerprint density at radius 3 is 2.60 bits per heavy atom. The smallest absolute Gasteiger partial charge is 0.408 e. The van der Waals surface area contributed by atoms with E-state index in [2.05, 4.69) is 25.7 Å². The van der Waals surface area contributed by atoms with E-state index < -0.39 is 29.7 Å². The van der Waals surface area contributed by atoms with Crippen LogP contribution >= 0.6 is 0 Å². The number of carbonyl (C=O) groups is 3. The first-order chi connectivity index (χ1) is 11.6. The van der Waals surface area contributed by atoms with Crippen molar-refractivity contribution in [2.75, 3.05) is 13.7 Å². The molecule has 0 spiro atoms. The number of amides is 1. The Morgan fingerprint density at radius 2 is 2.04 bits per heavy atom. The van der Waals surface area contributed by atoms with Gasteiger partial charge in [0.05, 0.1) is 32.1 Å². The van der Waals surface area contributed by atoms with Gasteiger partial charge < -0.3 is 25.2 Å². The van der Waals surface area contributed by atoms with Crippen molar-refractivity contribution < 1.29 is 29.0 Å². The number of carbonyl (C=O) groups excluding carboxylic acids is 2. The van der Waals surface area contributed by atoms with Crippen molar-refractivity contribution >= 4 is 18.0 Å². The Hall–Kier alpha value is -2.69. The van der Waals surface area contributed by atoms with Crippen LogP contribution in [0, 0.1) is 0 Å². The molecule has 11 nitrogen and oxygen atoms in total. The van der Waals surface area contributed by atoms with Gasteiger partial charge in [0.25, 0.3) is 0 Å². The number of aromatic nitrogens is 3. The molecule has 0 aromatic carbocycles. The van der Waals surface area contributed by atoms with E-state index in [4.69, 9.17) is 4.74 Å². The third-order valence-electron chi connectivity index (χ3n) is 2.85. The molecule has 1 amide bonds. The van der Waals surface area contributed by atoms with Crippen LogP contribution in [-0.4, -0.2) is 63.4 Å². The average Bonchev–Trinajstić information content (AvgIpc) is 2.91. The summed E-state index contributed by atoms with van der Waals surface area (Å²) in [5, 5.41) is 21.9. The molecule has 140 valence electrons. The number of rotatable bonds is 8. The van der Waals surface area contributed by atoms with Crippen LogP contribution in [0.2, 0.25) is 0 Å². The summed E-state index contributed by atoms with van der Waals surface area (Å²) >= 11 is 0. The van der Waals surface area contributed by atoms with Crippen LogP contribution in [0.1, 0.15) is 26.5 Å². The van der Waals surface area contributed by atoms with Crippen LogP contribution in [0.4, 0.5) is 4.79 Å². The summed E-state index contributed by atoms with van der Waals surface area (Å²) in [7, 11) is 1.27. The second-order valence-electron chi connectivity index (χ2n) is 6.12. The van der Waals surface area contributed by atoms with Gasteiger partial charge >= 0.3 is 18.0 Å². The van der Waals surface area contributed by atoms with Gasteiger partial charge in [0.15, 0.2) is 0 Å². The van der Waals surface area contributed by atoms with Gasteiger partial charge in [0, 0.05) is 6.54 Å². The molecule has 25 heavy (non-hydrogen) atoms. The minimum atomic E-state index is -1.25. The molecule has 1 aromatic rings. The largest absolute Gasteiger partial charge is 0.480 e. The molecule has 0 aliphatic rings.